The number of nitrogens with zero attached hydrogens (tertiary/aromatic N) is 6. The standard InChI is InChI=1S/C27H26N8O2/c28-26-23-8-5-20(13-22(23)9-10-29-26)14-30-27(36)37-24-17-35(32-25(24)21-6-7-21)16-19-3-1-18(2-4-19)15-34-12-11-31-33-34/h1-5,8-13,17,21H,6-7,14-16H2,(H2,28,29)(H,30,36). The molecule has 10 heteroatoms. The van der Waals surface area contributed by atoms with Crippen LogP contribution in [0.2, 0.25) is 0 Å². The second-order valence-electron chi connectivity index (χ2n) is 9.26. The van der Waals surface area contributed by atoms with Gasteiger partial charge in [-0.15, -0.1) is 5.10 Å². The third-order valence-corrected chi connectivity index (χ3v) is 6.40. The smallest absolute Gasteiger partial charge is 0.407 e. The van der Waals surface area contributed by atoms with Crippen molar-refractivity contribution in [2.75, 3.05) is 5.73 Å². The summed E-state index contributed by atoms with van der Waals surface area (Å²) in [5, 5.41) is 17.3. The molecule has 37 heavy (non-hydrogen) atoms. The van der Waals surface area contributed by atoms with Crippen LogP contribution in [0.15, 0.2) is 73.3 Å². The SMILES string of the molecule is Nc1nccc2cc(CNC(=O)Oc3cn(Cc4ccc(Cn5ccnn5)cc4)nc3C3CC3)ccc12. The van der Waals surface area contributed by atoms with E-state index < -0.39 is 6.09 Å². The van der Waals surface area contributed by atoms with Gasteiger partial charge in [-0.2, -0.15) is 5.10 Å². The zero-order valence-electron chi connectivity index (χ0n) is 20.1. The highest BCUT2D eigenvalue weighted by atomic mass is 16.6. The highest BCUT2D eigenvalue weighted by Gasteiger charge is 2.31. The van der Waals surface area contributed by atoms with Crippen molar-refractivity contribution in [1.82, 2.24) is 35.1 Å². The summed E-state index contributed by atoms with van der Waals surface area (Å²) >= 11 is 0. The van der Waals surface area contributed by atoms with E-state index in [-0.39, 0.29) is 0 Å². The Balaban J connectivity index is 1.09. The van der Waals surface area contributed by atoms with Crippen LogP contribution in [-0.2, 0) is 19.6 Å². The number of nitrogens with two attached hydrogens (primary N) is 1. The molecule has 0 radical (unpaired) electrons. The van der Waals surface area contributed by atoms with E-state index in [0.29, 0.717) is 37.1 Å². The van der Waals surface area contributed by atoms with Crippen molar-refractivity contribution in [1.29, 1.82) is 0 Å². The molecular weight excluding hydrogens is 468 g/mol. The van der Waals surface area contributed by atoms with Crippen LogP contribution in [0.5, 0.6) is 5.75 Å². The summed E-state index contributed by atoms with van der Waals surface area (Å²) in [5.41, 5.74) is 9.96. The van der Waals surface area contributed by atoms with Gasteiger partial charge in [0.25, 0.3) is 0 Å². The summed E-state index contributed by atoms with van der Waals surface area (Å²) < 4.78 is 9.31. The number of nitrogens with one attached hydrogen (secondary N) is 1. The Morgan fingerprint density at radius 1 is 1.00 bits per heavy atom. The predicted molar refractivity (Wildman–Crippen MR) is 138 cm³/mol. The van der Waals surface area contributed by atoms with Gasteiger partial charge in [0.2, 0.25) is 0 Å². The number of benzene rings is 2. The van der Waals surface area contributed by atoms with Gasteiger partial charge in [-0.1, -0.05) is 41.6 Å². The van der Waals surface area contributed by atoms with E-state index >= 15 is 0 Å². The second-order valence-corrected chi connectivity index (χ2v) is 9.26. The third-order valence-electron chi connectivity index (χ3n) is 6.40. The number of anilines is 1. The quantitative estimate of drug-likeness (QED) is 0.335. The minimum atomic E-state index is -0.506. The molecule has 1 fully saturated rings. The molecule has 0 bridgehead atoms. The fraction of sp³-hybridized carbons (Fsp3) is 0.222. The monoisotopic (exact) mass is 494 g/mol. The molecule has 3 N–H and O–H groups in total. The molecule has 3 aromatic heterocycles. The van der Waals surface area contributed by atoms with E-state index in [1.165, 1.54) is 0 Å². The number of hydrogen-bond donors (Lipinski definition) is 2. The minimum Gasteiger partial charge on any atom is -0.407 e. The van der Waals surface area contributed by atoms with Crippen LogP contribution < -0.4 is 15.8 Å². The van der Waals surface area contributed by atoms with Gasteiger partial charge in [-0.05, 0) is 47.1 Å². The van der Waals surface area contributed by atoms with Gasteiger partial charge in [-0.3, -0.25) is 4.68 Å². The van der Waals surface area contributed by atoms with E-state index in [4.69, 9.17) is 15.6 Å². The van der Waals surface area contributed by atoms with Crippen molar-refractivity contribution in [3.05, 3.63) is 95.7 Å². The number of nitrogen functional groups attached to an aromatic ring is 1. The zero-order valence-corrected chi connectivity index (χ0v) is 20.1. The molecule has 0 aliphatic heterocycles. The molecule has 0 spiro atoms. The molecule has 1 saturated carbocycles. The number of pyridine rings is 1. The van der Waals surface area contributed by atoms with Crippen LogP contribution >= 0.6 is 0 Å². The Morgan fingerprint density at radius 3 is 2.49 bits per heavy atom. The summed E-state index contributed by atoms with van der Waals surface area (Å²) in [7, 11) is 0. The number of carbonyl (C=O) groups excluding carboxylic acids is 1. The zero-order chi connectivity index (χ0) is 25.2. The molecule has 10 nitrogen and oxygen atoms in total. The summed E-state index contributed by atoms with van der Waals surface area (Å²) in [6.07, 6.45) is 8.59. The largest absolute Gasteiger partial charge is 0.412 e. The van der Waals surface area contributed by atoms with Crippen LogP contribution in [0.25, 0.3) is 10.8 Å². The Labute approximate surface area is 213 Å². The highest BCUT2D eigenvalue weighted by Crippen LogP contribution is 2.43. The van der Waals surface area contributed by atoms with Crippen LogP contribution in [0.1, 0.15) is 41.1 Å². The lowest BCUT2D eigenvalue weighted by atomic mass is 10.1. The predicted octanol–water partition coefficient (Wildman–Crippen LogP) is 3.87. The van der Waals surface area contributed by atoms with Crippen molar-refractivity contribution in [2.45, 2.75) is 38.4 Å². The first-order chi connectivity index (χ1) is 18.1. The lowest BCUT2D eigenvalue weighted by Gasteiger charge is -2.08. The summed E-state index contributed by atoms with van der Waals surface area (Å²) in [6.45, 7) is 1.60. The average molecular weight is 495 g/mol. The van der Waals surface area contributed by atoms with E-state index in [1.807, 2.05) is 41.3 Å². The molecule has 0 atom stereocenters. The first-order valence-electron chi connectivity index (χ1n) is 12.2. The summed E-state index contributed by atoms with van der Waals surface area (Å²) in [4.78, 5) is 16.7. The molecular formula is C27H26N8O2. The molecule has 1 amide bonds. The third kappa shape index (κ3) is 5.27. The van der Waals surface area contributed by atoms with E-state index in [2.05, 4.69) is 44.9 Å². The van der Waals surface area contributed by atoms with E-state index in [9.17, 15) is 4.79 Å². The maximum atomic E-state index is 12.6. The molecule has 6 rings (SSSR count). The first-order valence-corrected chi connectivity index (χ1v) is 12.2. The normalized spacial score (nSPS) is 13.1. The fourth-order valence-corrected chi connectivity index (χ4v) is 4.33. The molecule has 0 saturated heterocycles. The van der Waals surface area contributed by atoms with Crippen LogP contribution in [-0.4, -0.2) is 35.9 Å². The van der Waals surface area contributed by atoms with Gasteiger partial charge in [0, 0.05) is 30.2 Å². The first kappa shape index (κ1) is 22.7. The molecule has 2 aromatic carbocycles. The van der Waals surface area contributed by atoms with Gasteiger partial charge in [0.1, 0.15) is 11.5 Å². The van der Waals surface area contributed by atoms with E-state index in [1.54, 1.807) is 17.1 Å². The minimum absolute atomic E-state index is 0.338. The average Bonchev–Trinajstić information content (AvgIpc) is 3.48. The molecule has 1 aliphatic rings. The number of amides is 1. The van der Waals surface area contributed by atoms with E-state index in [0.717, 1.165) is 46.0 Å². The number of carbonyl (C=O) groups is 1. The number of rotatable bonds is 8. The lowest BCUT2D eigenvalue weighted by molar-refractivity contribution is 0.199. The van der Waals surface area contributed by atoms with Gasteiger partial charge in [-0.25, -0.2) is 14.5 Å². The topological polar surface area (TPSA) is 126 Å². The van der Waals surface area contributed by atoms with Crippen LogP contribution in [0, 0.1) is 0 Å². The fourth-order valence-electron chi connectivity index (χ4n) is 4.33. The second kappa shape index (κ2) is 9.73. The Bertz CT molecular complexity index is 1540. The number of ether oxygens (including phenoxy) is 1. The van der Waals surface area contributed by atoms with Crippen LogP contribution in [0.3, 0.4) is 0 Å². The van der Waals surface area contributed by atoms with Crippen molar-refractivity contribution in [3.8, 4) is 5.75 Å². The molecule has 186 valence electrons. The number of aromatic nitrogens is 6. The lowest BCUT2D eigenvalue weighted by Crippen LogP contribution is -2.26. The van der Waals surface area contributed by atoms with Gasteiger partial charge < -0.3 is 15.8 Å². The Hall–Kier alpha value is -4.73. The number of hydrogen-bond acceptors (Lipinski definition) is 7. The molecule has 0 unspecified atom stereocenters. The Kier molecular flexibility index (Phi) is 5.97. The van der Waals surface area contributed by atoms with Crippen molar-refractivity contribution < 1.29 is 9.53 Å². The molecule has 3 heterocycles. The summed E-state index contributed by atoms with van der Waals surface area (Å²) in [5.74, 6) is 1.34. The van der Waals surface area contributed by atoms with Gasteiger partial charge >= 0.3 is 6.09 Å². The van der Waals surface area contributed by atoms with Crippen molar-refractivity contribution in [2.24, 2.45) is 0 Å². The summed E-state index contributed by atoms with van der Waals surface area (Å²) in [6, 6.07) is 16.0. The molecule has 5 aromatic rings. The highest BCUT2D eigenvalue weighted by molar-refractivity contribution is 5.91. The number of fused-ring (bicyclic) bond motifs is 1. The van der Waals surface area contributed by atoms with Gasteiger partial charge in [0.15, 0.2) is 5.75 Å². The Morgan fingerprint density at radius 2 is 1.76 bits per heavy atom. The molecule has 1 aliphatic carbocycles. The van der Waals surface area contributed by atoms with Crippen molar-refractivity contribution in [3.63, 3.8) is 0 Å². The maximum absolute atomic E-state index is 12.6. The van der Waals surface area contributed by atoms with Gasteiger partial charge in [0.05, 0.1) is 25.5 Å². The van der Waals surface area contributed by atoms with Crippen molar-refractivity contribution >= 4 is 22.7 Å². The maximum Gasteiger partial charge on any atom is 0.412 e. The van der Waals surface area contributed by atoms with Crippen LogP contribution in [0.4, 0.5) is 10.6 Å².